The van der Waals surface area contributed by atoms with Gasteiger partial charge in [0.25, 0.3) is 5.91 Å². The number of ether oxygens (including phenoxy) is 1. The van der Waals surface area contributed by atoms with Crippen molar-refractivity contribution in [2.24, 2.45) is 5.92 Å². The number of carbonyl (C=O) groups excluding carboxylic acids is 2. The summed E-state index contributed by atoms with van der Waals surface area (Å²) in [6.45, 7) is 10.8. The Morgan fingerprint density at radius 3 is 2.50 bits per heavy atom. The molecule has 0 aliphatic carbocycles. The van der Waals surface area contributed by atoms with Gasteiger partial charge in [-0.2, -0.15) is 0 Å². The molecule has 1 aliphatic heterocycles. The Bertz CT molecular complexity index is 716. The molecule has 2 rings (SSSR count). The van der Waals surface area contributed by atoms with Gasteiger partial charge in [0.1, 0.15) is 5.60 Å². The van der Waals surface area contributed by atoms with E-state index in [4.69, 9.17) is 4.74 Å². The topological polar surface area (TPSA) is 49.9 Å². The van der Waals surface area contributed by atoms with Crippen molar-refractivity contribution in [2.75, 3.05) is 19.6 Å². The number of rotatable bonds is 4. The molecule has 0 aromatic heterocycles. The molecule has 1 saturated heterocycles. The lowest BCUT2D eigenvalue weighted by molar-refractivity contribution is 0.0124. The average Bonchev–Trinajstić information content (AvgIpc) is 2.59. The van der Waals surface area contributed by atoms with Crippen LogP contribution in [0.1, 0.15) is 57.8 Å². The predicted octanol–water partition coefficient (Wildman–Crippen LogP) is 4.46. The number of benzene rings is 1. The van der Waals surface area contributed by atoms with Gasteiger partial charge in [-0.05, 0) is 71.6 Å². The Kier molecular flexibility index (Phi) is 7.01. The molecule has 28 heavy (non-hydrogen) atoms. The first-order valence-electron chi connectivity index (χ1n) is 9.72. The zero-order chi connectivity index (χ0) is 21.1. The van der Waals surface area contributed by atoms with Crippen molar-refractivity contribution >= 4 is 12.0 Å². The van der Waals surface area contributed by atoms with Crippen molar-refractivity contribution in [3.8, 4) is 0 Å². The Morgan fingerprint density at radius 1 is 1.25 bits per heavy atom. The van der Waals surface area contributed by atoms with E-state index < -0.39 is 17.2 Å². The zero-order valence-corrected chi connectivity index (χ0v) is 17.3. The van der Waals surface area contributed by atoms with Gasteiger partial charge in [0.05, 0.1) is 0 Å². The van der Waals surface area contributed by atoms with Crippen LogP contribution in [0.2, 0.25) is 0 Å². The summed E-state index contributed by atoms with van der Waals surface area (Å²) in [6.07, 6.45) is 1.31. The van der Waals surface area contributed by atoms with Crippen LogP contribution in [0.25, 0.3) is 0 Å². The van der Waals surface area contributed by atoms with Gasteiger partial charge in [-0.15, -0.1) is 0 Å². The molecule has 5 nitrogen and oxygen atoms in total. The van der Waals surface area contributed by atoms with Crippen LogP contribution in [-0.2, 0) is 4.74 Å². The van der Waals surface area contributed by atoms with Crippen molar-refractivity contribution in [1.82, 2.24) is 9.80 Å². The van der Waals surface area contributed by atoms with Gasteiger partial charge >= 0.3 is 6.09 Å². The van der Waals surface area contributed by atoms with E-state index in [-0.39, 0.29) is 29.5 Å². The summed E-state index contributed by atoms with van der Waals surface area (Å²) < 4.78 is 32.1. The van der Waals surface area contributed by atoms with Crippen LogP contribution in [-0.4, -0.2) is 53.1 Å². The zero-order valence-electron chi connectivity index (χ0n) is 17.3. The van der Waals surface area contributed by atoms with E-state index in [9.17, 15) is 18.4 Å². The lowest BCUT2D eigenvalue weighted by Gasteiger charge is -2.37. The summed E-state index contributed by atoms with van der Waals surface area (Å²) in [5.74, 6) is -2.23. The van der Waals surface area contributed by atoms with E-state index in [1.807, 2.05) is 34.6 Å². The number of nitrogens with zero attached hydrogens (tertiary/aromatic N) is 2. The Labute approximate surface area is 165 Å². The van der Waals surface area contributed by atoms with Crippen LogP contribution in [0.4, 0.5) is 13.6 Å². The number of hydrogen-bond donors (Lipinski definition) is 0. The molecule has 1 fully saturated rings. The molecule has 0 saturated carbocycles. The summed E-state index contributed by atoms with van der Waals surface area (Å²) in [4.78, 5) is 28.5. The van der Waals surface area contributed by atoms with Gasteiger partial charge in [-0.3, -0.25) is 4.79 Å². The maximum absolute atomic E-state index is 13.5. The van der Waals surface area contributed by atoms with Crippen LogP contribution in [0.3, 0.4) is 0 Å². The van der Waals surface area contributed by atoms with Crippen molar-refractivity contribution in [3.63, 3.8) is 0 Å². The quantitative estimate of drug-likeness (QED) is 0.755. The molecule has 7 heteroatoms. The molecule has 0 spiro atoms. The standard InChI is InChI=1S/C21H30F2N2O3/c1-14(2)25(20(27)28-21(3,4)5)13-15-7-6-10-24(12-15)19(26)16-8-9-17(22)18(23)11-16/h8-9,11,14-15H,6-7,10,12-13H2,1-5H3. The van der Waals surface area contributed by atoms with E-state index >= 15 is 0 Å². The van der Waals surface area contributed by atoms with Crippen LogP contribution in [0.5, 0.6) is 0 Å². The van der Waals surface area contributed by atoms with E-state index in [2.05, 4.69) is 0 Å². The molecule has 1 heterocycles. The van der Waals surface area contributed by atoms with Gasteiger partial charge in [0.2, 0.25) is 0 Å². The highest BCUT2D eigenvalue weighted by Gasteiger charge is 2.30. The second-order valence-electron chi connectivity index (χ2n) is 8.61. The molecule has 1 aromatic rings. The number of likely N-dealkylation sites (tertiary alicyclic amines) is 1. The molecule has 1 atom stereocenters. The largest absolute Gasteiger partial charge is 0.444 e. The van der Waals surface area contributed by atoms with Crippen LogP contribution >= 0.6 is 0 Å². The Morgan fingerprint density at radius 2 is 1.93 bits per heavy atom. The average molecular weight is 396 g/mol. The van der Waals surface area contributed by atoms with E-state index in [0.717, 1.165) is 25.0 Å². The van der Waals surface area contributed by atoms with Gasteiger partial charge < -0.3 is 14.5 Å². The minimum atomic E-state index is -1.03. The smallest absolute Gasteiger partial charge is 0.410 e. The lowest BCUT2D eigenvalue weighted by Crippen LogP contribution is -2.48. The first kappa shape index (κ1) is 22.1. The van der Waals surface area contributed by atoms with E-state index in [0.29, 0.717) is 19.6 Å². The van der Waals surface area contributed by atoms with Gasteiger partial charge in [0.15, 0.2) is 11.6 Å². The summed E-state index contributed by atoms with van der Waals surface area (Å²) in [5, 5.41) is 0. The molecule has 1 aliphatic rings. The lowest BCUT2D eigenvalue weighted by atomic mass is 9.96. The summed E-state index contributed by atoms with van der Waals surface area (Å²) in [6, 6.07) is 3.16. The molecule has 1 aromatic carbocycles. The second-order valence-corrected chi connectivity index (χ2v) is 8.61. The third kappa shape index (κ3) is 5.91. The van der Waals surface area contributed by atoms with Crippen LogP contribution in [0, 0.1) is 17.6 Å². The van der Waals surface area contributed by atoms with Crippen molar-refractivity contribution in [1.29, 1.82) is 0 Å². The summed E-state index contributed by atoms with van der Waals surface area (Å²) >= 11 is 0. The third-order valence-corrected chi connectivity index (χ3v) is 4.68. The van der Waals surface area contributed by atoms with Gasteiger partial charge in [0, 0.05) is 31.2 Å². The second kappa shape index (κ2) is 8.88. The molecule has 2 amide bonds. The minimum absolute atomic E-state index is 0.0351. The molecule has 0 N–H and O–H groups in total. The fraction of sp³-hybridized carbons (Fsp3) is 0.619. The summed E-state index contributed by atoms with van der Waals surface area (Å²) in [7, 11) is 0. The van der Waals surface area contributed by atoms with E-state index in [1.165, 1.54) is 6.07 Å². The van der Waals surface area contributed by atoms with Crippen molar-refractivity contribution in [3.05, 3.63) is 35.4 Å². The Balaban J connectivity index is 2.05. The molecular weight excluding hydrogens is 366 g/mol. The highest BCUT2D eigenvalue weighted by molar-refractivity contribution is 5.94. The van der Waals surface area contributed by atoms with Gasteiger partial charge in [-0.25, -0.2) is 13.6 Å². The van der Waals surface area contributed by atoms with Crippen molar-refractivity contribution in [2.45, 2.75) is 59.1 Å². The normalized spacial score (nSPS) is 17.6. The highest BCUT2D eigenvalue weighted by Crippen LogP contribution is 2.22. The van der Waals surface area contributed by atoms with Crippen LogP contribution in [0.15, 0.2) is 18.2 Å². The molecule has 156 valence electrons. The summed E-state index contributed by atoms with van der Waals surface area (Å²) in [5.41, 5.74) is -0.446. The molecule has 1 unspecified atom stereocenters. The maximum atomic E-state index is 13.5. The number of halogens is 2. The first-order chi connectivity index (χ1) is 13.0. The SMILES string of the molecule is CC(C)N(CC1CCCN(C(=O)c2ccc(F)c(F)c2)C1)C(=O)OC(C)(C)C. The molecule has 0 bridgehead atoms. The van der Waals surface area contributed by atoms with Crippen LogP contribution < -0.4 is 0 Å². The fourth-order valence-electron chi connectivity index (χ4n) is 3.31. The fourth-order valence-corrected chi connectivity index (χ4v) is 3.31. The molecule has 0 radical (unpaired) electrons. The van der Waals surface area contributed by atoms with Crippen molar-refractivity contribution < 1.29 is 23.1 Å². The Hall–Kier alpha value is -2.18. The highest BCUT2D eigenvalue weighted by atomic mass is 19.2. The molecular formula is C21H30F2N2O3. The van der Waals surface area contributed by atoms with E-state index in [1.54, 1.807) is 9.80 Å². The number of hydrogen-bond acceptors (Lipinski definition) is 3. The van der Waals surface area contributed by atoms with Gasteiger partial charge in [-0.1, -0.05) is 0 Å². The number of carbonyl (C=O) groups is 2. The first-order valence-corrected chi connectivity index (χ1v) is 9.72. The third-order valence-electron chi connectivity index (χ3n) is 4.68. The number of piperidine rings is 1. The maximum Gasteiger partial charge on any atom is 0.410 e. The minimum Gasteiger partial charge on any atom is -0.444 e. The monoisotopic (exact) mass is 396 g/mol. The number of amides is 2. The predicted molar refractivity (Wildman–Crippen MR) is 103 cm³/mol.